The summed E-state index contributed by atoms with van der Waals surface area (Å²) in [6, 6.07) is 7.59. The van der Waals surface area contributed by atoms with Crippen molar-refractivity contribution < 1.29 is 5.11 Å². The van der Waals surface area contributed by atoms with Gasteiger partial charge in [-0.15, -0.1) is 0 Å². The van der Waals surface area contributed by atoms with Crippen molar-refractivity contribution in [2.45, 2.75) is 38.6 Å². The van der Waals surface area contributed by atoms with Gasteiger partial charge < -0.3 is 5.11 Å². The molecule has 110 valence electrons. The van der Waals surface area contributed by atoms with Crippen molar-refractivity contribution in [2.24, 2.45) is 10.9 Å². The van der Waals surface area contributed by atoms with Crippen LogP contribution in [0.15, 0.2) is 34.1 Å². The van der Waals surface area contributed by atoms with Crippen LogP contribution in [0.2, 0.25) is 0 Å². The smallest absolute Gasteiger partial charge is 0.258 e. The molecule has 1 aromatic heterocycles. The molecule has 21 heavy (non-hydrogen) atoms. The third-order valence-corrected chi connectivity index (χ3v) is 4.41. The van der Waals surface area contributed by atoms with Gasteiger partial charge in [0.1, 0.15) is 0 Å². The molecule has 2 N–H and O–H groups in total. The average molecular weight is 284 g/mol. The monoisotopic (exact) mass is 284 g/mol. The van der Waals surface area contributed by atoms with Crippen molar-refractivity contribution in [3.8, 4) is 5.88 Å². The fraction of sp³-hybridized carbons (Fsp3) is 0.412. The highest BCUT2D eigenvalue weighted by Crippen LogP contribution is 2.27. The van der Waals surface area contributed by atoms with E-state index in [2.05, 4.69) is 16.9 Å². The van der Waals surface area contributed by atoms with E-state index >= 15 is 0 Å². The summed E-state index contributed by atoms with van der Waals surface area (Å²) in [6.07, 6.45) is 6.52. The third kappa shape index (κ3) is 2.71. The number of H-pyrrole nitrogens is 1. The Balaban J connectivity index is 2.02. The zero-order valence-electron chi connectivity index (χ0n) is 12.2. The molecule has 0 bridgehead atoms. The number of aromatic hydroxyl groups is 1. The number of pyridine rings is 1. The molecule has 0 amide bonds. The quantitative estimate of drug-likeness (QED) is 0.831. The number of aromatic nitrogens is 1. The molecule has 1 heterocycles. The van der Waals surface area contributed by atoms with E-state index in [-0.39, 0.29) is 11.4 Å². The van der Waals surface area contributed by atoms with Crippen molar-refractivity contribution >= 4 is 17.0 Å². The minimum atomic E-state index is -0.272. The predicted molar refractivity (Wildman–Crippen MR) is 85.2 cm³/mol. The van der Waals surface area contributed by atoms with E-state index in [0.29, 0.717) is 22.9 Å². The number of hydrogen-bond acceptors (Lipinski definition) is 3. The minimum absolute atomic E-state index is 0.106. The second-order valence-electron chi connectivity index (χ2n) is 5.87. The van der Waals surface area contributed by atoms with Gasteiger partial charge in [0.25, 0.3) is 5.56 Å². The Labute approximate surface area is 123 Å². The summed E-state index contributed by atoms with van der Waals surface area (Å²) in [5.74, 6) is 0.470. The molecule has 4 heteroatoms. The van der Waals surface area contributed by atoms with Gasteiger partial charge in [-0.05, 0) is 24.8 Å². The van der Waals surface area contributed by atoms with Crippen LogP contribution in [0, 0.1) is 5.92 Å². The first-order chi connectivity index (χ1) is 10.2. The summed E-state index contributed by atoms with van der Waals surface area (Å²) in [5, 5.41) is 11.4. The van der Waals surface area contributed by atoms with E-state index in [1.54, 1.807) is 12.3 Å². The maximum atomic E-state index is 11.8. The molecule has 0 radical (unpaired) electrons. The fourth-order valence-corrected chi connectivity index (χ4v) is 3.10. The van der Waals surface area contributed by atoms with Gasteiger partial charge in [0.2, 0.25) is 5.88 Å². The molecule has 1 saturated carbocycles. The number of rotatable bonds is 2. The van der Waals surface area contributed by atoms with Crippen molar-refractivity contribution in [3.63, 3.8) is 0 Å². The Morgan fingerprint density at radius 1 is 1.24 bits per heavy atom. The zero-order chi connectivity index (χ0) is 14.8. The third-order valence-electron chi connectivity index (χ3n) is 4.41. The number of fused-ring (bicyclic) bond motifs is 1. The van der Waals surface area contributed by atoms with Gasteiger partial charge in [0, 0.05) is 17.0 Å². The van der Waals surface area contributed by atoms with E-state index in [9.17, 15) is 9.90 Å². The lowest BCUT2D eigenvalue weighted by molar-refractivity contribution is 0.333. The standard InChI is InChI=1S/C17H20N2O2/c1-11-6-2-5-9-15(11)18-10-14-12-7-3-4-8-13(12)16(20)19-17(14)21/h3-4,7-8,10-11,15H,2,5-6,9H2,1H3,(H2,19,20,21)/t11-,15+/m0/s1. The summed E-state index contributed by atoms with van der Waals surface area (Å²) in [6.45, 7) is 2.23. The molecule has 1 aromatic carbocycles. The lowest BCUT2D eigenvalue weighted by atomic mass is 9.86. The second kappa shape index (κ2) is 5.72. The van der Waals surface area contributed by atoms with Gasteiger partial charge in [-0.25, -0.2) is 0 Å². The lowest BCUT2D eigenvalue weighted by Gasteiger charge is -2.25. The first-order valence-corrected chi connectivity index (χ1v) is 7.54. The molecular formula is C17H20N2O2. The van der Waals surface area contributed by atoms with Crippen LogP contribution in [0.1, 0.15) is 38.2 Å². The number of benzene rings is 1. The van der Waals surface area contributed by atoms with Crippen molar-refractivity contribution in [2.75, 3.05) is 0 Å². The SMILES string of the molecule is C[C@H]1CCCC[C@H]1N=Cc1c(O)[nH]c(=O)c2ccccc12. The molecule has 3 rings (SSSR count). The van der Waals surface area contributed by atoms with E-state index in [4.69, 9.17) is 0 Å². The molecule has 0 aliphatic heterocycles. The Hall–Kier alpha value is -2.10. The Morgan fingerprint density at radius 2 is 1.95 bits per heavy atom. The van der Waals surface area contributed by atoms with Gasteiger partial charge in [-0.2, -0.15) is 0 Å². The topological polar surface area (TPSA) is 65.5 Å². The van der Waals surface area contributed by atoms with Crippen LogP contribution in [0.25, 0.3) is 10.8 Å². The molecule has 1 aliphatic rings. The first kappa shape index (κ1) is 13.9. The number of nitrogens with zero attached hydrogens (tertiary/aromatic N) is 1. The van der Waals surface area contributed by atoms with Crippen LogP contribution in [0.4, 0.5) is 0 Å². The average Bonchev–Trinajstić information content (AvgIpc) is 2.49. The van der Waals surface area contributed by atoms with Crippen LogP contribution in [-0.2, 0) is 0 Å². The maximum Gasteiger partial charge on any atom is 0.258 e. The summed E-state index contributed by atoms with van der Waals surface area (Å²) >= 11 is 0. The number of nitrogens with one attached hydrogen (secondary N) is 1. The molecule has 1 aliphatic carbocycles. The Morgan fingerprint density at radius 3 is 2.71 bits per heavy atom. The molecule has 2 atom stereocenters. The minimum Gasteiger partial charge on any atom is -0.494 e. The highest BCUT2D eigenvalue weighted by atomic mass is 16.3. The highest BCUT2D eigenvalue weighted by molar-refractivity contribution is 6.01. The van der Waals surface area contributed by atoms with Crippen molar-refractivity contribution in [1.82, 2.24) is 4.98 Å². The molecule has 0 spiro atoms. The van der Waals surface area contributed by atoms with Gasteiger partial charge in [-0.3, -0.25) is 14.8 Å². The maximum absolute atomic E-state index is 11.8. The van der Waals surface area contributed by atoms with Gasteiger partial charge in [0.05, 0.1) is 11.6 Å². The van der Waals surface area contributed by atoms with Crippen molar-refractivity contribution in [1.29, 1.82) is 0 Å². The van der Waals surface area contributed by atoms with Crippen molar-refractivity contribution in [3.05, 3.63) is 40.2 Å². The normalized spacial score (nSPS) is 22.9. The molecule has 2 aromatic rings. The fourth-order valence-electron chi connectivity index (χ4n) is 3.10. The van der Waals surface area contributed by atoms with Crippen LogP contribution in [0.3, 0.4) is 0 Å². The Kier molecular flexibility index (Phi) is 3.78. The number of aromatic amines is 1. The van der Waals surface area contributed by atoms with E-state index in [0.717, 1.165) is 11.8 Å². The van der Waals surface area contributed by atoms with E-state index < -0.39 is 0 Å². The van der Waals surface area contributed by atoms with Gasteiger partial charge >= 0.3 is 0 Å². The molecule has 4 nitrogen and oxygen atoms in total. The first-order valence-electron chi connectivity index (χ1n) is 7.54. The second-order valence-corrected chi connectivity index (χ2v) is 5.87. The van der Waals surface area contributed by atoms with Crippen LogP contribution in [0.5, 0.6) is 5.88 Å². The number of hydrogen-bond donors (Lipinski definition) is 2. The lowest BCUT2D eigenvalue weighted by Crippen LogP contribution is -2.20. The summed E-state index contributed by atoms with van der Waals surface area (Å²) in [4.78, 5) is 19.0. The molecule has 1 fully saturated rings. The van der Waals surface area contributed by atoms with Gasteiger partial charge in [0.15, 0.2) is 0 Å². The summed E-state index contributed by atoms with van der Waals surface area (Å²) < 4.78 is 0. The number of aliphatic imine (C=N–C) groups is 1. The van der Waals surface area contributed by atoms with Gasteiger partial charge in [-0.1, -0.05) is 38.0 Å². The van der Waals surface area contributed by atoms with Crippen LogP contribution < -0.4 is 5.56 Å². The molecule has 0 unspecified atom stereocenters. The van der Waals surface area contributed by atoms with E-state index in [1.807, 2.05) is 18.2 Å². The molecular weight excluding hydrogens is 264 g/mol. The largest absolute Gasteiger partial charge is 0.494 e. The summed E-state index contributed by atoms with van der Waals surface area (Å²) in [5.41, 5.74) is 0.328. The van der Waals surface area contributed by atoms with Crippen LogP contribution >= 0.6 is 0 Å². The van der Waals surface area contributed by atoms with Crippen LogP contribution in [-0.4, -0.2) is 22.3 Å². The summed E-state index contributed by atoms with van der Waals surface area (Å²) in [7, 11) is 0. The molecule has 0 saturated heterocycles. The van der Waals surface area contributed by atoms with E-state index in [1.165, 1.54) is 19.3 Å². The Bertz CT molecular complexity index is 733. The zero-order valence-corrected chi connectivity index (χ0v) is 12.2. The predicted octanol–water partition coefficient (Wildman–Crippen LogP) is 3.23. The highest BCUT2D eigenvalue weighted by Gasteiger charge is 2.20.